The highest BCUT2D eigenvalue weighted by atomic mass is 19.1. The van der Waals surface area contributed by atoms with Crippen molar-refractivity contribution in [3.05, 3.63) is 35.1 Å². The number of hydrogen-bond donors (Lipinski definition) is 1. The Hall–Kier alpha value is -2.05. The van der Waals surface area contributed by atoms with Gasteiger partial charge in [0.15, 0.2) is 0 Å². The van der Waals surface area contributed by atoms with Crippen molar-refractivity contribution >= 4 is 11.7 Å². The first kappa shape index (κ1) is 16.0. The molecule has 0 heterocycles. The number of carbonyl (C=O) groups is 1. The molecule has 0 aliphatic rings. The average Bonchev–Trinajstić information content (AvgIpc) is 2.37. The smallest absolute Gasteiger partial charge is 0.354 e. The van der Waals surface area contributed by atoms with Crippen LogP contribution in [0.1, 0.15) is 25.8 Å². The van der Waals surface area contributed by atoms with Crippen LogP contribution in [0.25, 0.3) is 0 Å². The topological polar surface area (TPSA) is 50.7 Å². The Labute approximate surface area is 114 Å². The van der Waals surface area contributed by atoms with Gasteiger partial charge in [-0.25, -0.2) is 18.0 Å². The van der Waals surface area contributed by atoms with Crippen molar-refractivity contribution in [2.45, 2.75) is 26.8 Å². The molecular weight excluding hydrogens is 273 g/mol. The molecule has 1 aromatic carbocycles. The number of ether oxygens (including phenoxy) is 1. The van der Waals surface area contributed by atoms with Crippen molar-refractivity contribution in [2.75, 3.05) is 6.61 Å². The molecule has 0 aliphatic heterocycles. The monoisotopic (exact) mass is 288 g/mol. The van der Waals surface area contributed by atoms with Crippen LogP contribution >= 0.6 is 0 Å². The van der Waals surface area contributed by atoms with Gasteiger partial charge in [-0.3, -0.25) is 0 Å². The molecule has 0 bridgehead atoms. The number of nitrogens with zero attached hydrogens (tertiary/aromatic N) is 1. The van der Waals surface area contributed by atoms with Gasteiger partial charge in [-0.05, 0) is 13.3 Å². The van der Waals surface area contributed by atoms with Gasteiger partial charge in [0.1, 0.15) is 23.2 Å². The number of esters is 1. The quantitative estimate of drug-likeness (QED) is 0.497. The summed E-state index contributed by atoms with van der Waals surface area (Å²) in [6.07, 6.45) is 0.306. The maximum absolute atomic E-state index is 13.3. The zero-order valence-electron chi connectivity index (χ0n) is 11.2. The van der Waals surface area contributed by atoms with Crippen LogP contribution in [0.2, 0.25) is 0 Å². The summed E-state index contributed by atoms with van der Waals surface area (Å²) in [5, 5.41) is 3.73. The predicted octanol–water partition coefficient (Wildman–Crippen LogP) is 2.52. The molecule has 0 aliphatic carbocycles. The minimum Gasteiger partial charge on any atom is -0.461 e. The Morgan fingerprint density at radius 3 is 2.35 bits per heavy atom. The first-order chi connectivity index (χ1) is 9.49. The number of nitrogens with one attached hydrogen (secondary N) is 1. The maximum Gasteiger partial charge on any atom is 0.354 e. The van der Waals surface area contributed by atoms with E-state index in [1.165, 1.54) is 0 Å². The van der Waals surface area contributed by atoms with Crippen LogP contribution in [0.5, 0.6) is 0 Å². The van der Waals surface area contributed by atoms with E-state index in [1.807, 2.05) is 0 Å². The fourth-order valence-electron chi connectivity index (χ4n) is 1.44. The first-order valence-corrected chi connectivity index (χ1v) is 6.09. The van der Waals surface area contributed by atoms with Crippen LogP contribution in [-0.4, -0.2) is 18.3 Å². The molecular formula is C13H15F3N2O2. The van der Waals surface area contributed by atoms with Gasteiger partial charge >= 0.3 is 5.97 Å². The van der Waals surface area contributed by atoms with Crippen LogP contribution in [0.4, 0.5) is 13.2 Å². The summed E-state index contributed by atoms with van der Waals surface area (Å²) < 4.78 is 44.1. The molecule has 0 radical (unpaired) electrons. The summed E-state index contributed by atoms with van der Waals surface area (Å²) in [7, 11) is 0. The Kier molecular flexibility index (Phi) is 6.02. The Balaban J connectivity index is 2.74. The van der Waals surface area contributed by atoms with Crippen molar-refractivity contribution in [3.63, 3.8) is 0 Å². The highest BCUT2D eigenvalue weighted by Crippen LogP contribution is 2.14. The lowest BCUT2D eigenvalue weighted by molar-refractivity contribution is -0.135. The van der Waals surface area contributed by atoms with E-state index in [4.69, 9.17) is 4.74 Å². The first-order valence-electron chi connectivity index (χ1n) is 6.09. The molecule has 0 spiro atoms. The molecule has 20 heavy (non-hydrogen) atoms. The molecule has 0 unspecified atom stereocenters. The SMILES string of the molecule is CCOC(=O)/C(CC)=N/NCc1c(F)cc(F)cc1F. The van der Waals surface area contributed by atoms with Crippen molar-refractivity contribution in [1.29, 1.82) is 0 Å². The zero-order valence-corrected chi connectivity index (χ0v) is 11.2. The summed E-state index contributed by atoms with van der Waals surface area (Å²) in [6, 6.07) is 1.16. The normalized spacial score (nSPS) is 11.3. The average molecular weight is 288 g/mol. The zero-order chi connectivity index (χ0) is 15.1. The minimum atomic E-state index is -1.01. The third-order valence-corrected chi connectivity index (χ3v) is 2.42. The van der Waals surface area contributed by atoms with Crippen molar-refractivity contribution in [1.82, 2.24) is 5.43 Å². The highest BCUT2D eigenvalue weighted by Gasteiger charge is 2.12. The molecule has 1 rings (SSSR count). The number of hydrogen-bond acceptors (Lipinski definition) is 4. The fraction of sp³-hybridized carbons (Fsp3) is 0.385. The van der Waals surface area contributed by atoms with E-state index < -0.39 is 23.4 Å². The lowest BCUT2D eigenvalue weighted by atomic mass is 10.2. The standard InChI is InChI=1S/C13H15F3N2O2/c1-3-12(13(19)20-4-2)18-17-7-9-10(15)5-8(14)6-11(9)16/h5-6,17H,3-4,7H2,1-2H3/b18-12+. The van der Waals surface area contributed by atoms with Crippen molar-refractivity contribution in [3.8, 4) is 0 Å². The molecule has 4 nitrogen and oxygen atoms in total. The molecule has 0 amide bonds. The Morgan fingerprint density at radius 1 is 1.25 bits per heavy atom. The summed E-state index contributed by atoms with van der Waals surface area (Å²) in [5.74, 6) is -3.62. The second-order valence-corrected chi connectivity index (χ2v) is 3.82. The fourth-order valence-corrected chi connectivity index (χ4v) is 1.44. The van der Waals surface area contributed by atoms with E-state index in [0.717, 1.165) is 0 Å². The number of hydrazone groups is 1. The summed E-state index contributed by atoms with van der Waals surface area (Å²) >= 11 is 0. The van der Waals surface area contributed by atoms with E-state index in [-0.39, 0.29) is 24.4 Å². The largest absolute Gasteiger partial charge is 0.461 e. The van der Waals surface area contributed by atoms with Gasteiger partial charge in [-0.1, -0.05) is 6.92 Å². The van der Waals surface area contributed by atoms with Gasteiger partial charge in [0.25, 0.3) is 0 Å². The molecule has 1 aromatic rings. The van der Waals surface area contributed by atoms with E-state index >= 15 is 0 Å². The third-order valence-electron chi connectivity index (χ3n) is 2.42. The van der Waals surface area contributed by atoms with Crippen LogP contribution in [0.3, 0.4) is 0 Å². The third kappa shape index (κ3) is 4.25. The van der Waals surface area contributed by atoms with Crippen molar-refractivity contribution in [2.24, 2.45) is 5.10 Å². The molecule has 7 heteroatoms. The number of halogens is 3. The van der Waals surface area contributed by atoms with E-state index in [0.29, 0.717) is 18.6 Å². The van der Waals surface area contributed by atoms with Crippen LogP contribution in [0.15, 0.2) is 17.2 Å². The molecule has 0 saturated carbocycles. The Morgan fingerprint density at radius 2 is 1.85 bits per heavy atom. The van der Waals surface area contributed by atoms with E-state index in [1.54, 1.807) is 13.8 Å². The molecule has 0 saturated heterocycles. The summed E-state index contributed by atoms with van der Waals surface area (Å²) in [4.78, 5) is 11.4. The lowest BCUT2D eigenvalue weighted by Crippen LogP contribution is -2.21. The summed E-state index contributed by atoms with van der Waals surface area (Å²) in [6.45, 7) is 3.25. The predicted molar refractivity (Wildman–Crippen MR) is 67.5 cm³/mol. The molecule has 0 atom stereocenters. The second-order valence-electron chi connectivity index (χ2n) is 3.82. The van der Waals surface area contributed by atoms with Gasteiger partial charge in [0.2, 0.25) is 0 Å². The van der Waals surface area contributed by atoms with Gasteiger partial charge in [-0.15, -0.1) is 0 Å². The second kappa shape index (κ2) is 7.52. The molecule has 110 valence electrons. The number of rotatable bonds is 6. The summed E-state index contributed by atoms with van der Waals surface area (Å²) in [5.41, 5.74) is 2.13. The van der Waals surface area contributed by atoms with Gasteiger partial charge in [-0.2, -0.15) is 5.10 Å². The van der Waals surface area contributed by atoms with E-state index in [2.05, 4.69) is 10.5 Å². The lowest BCUT2D eigenvalue weighted by Gasteiger charge is -2.07. The highest BCUT2D eigenvalue weighted by molar-refractivity contribution is 6.36. The van der Waals surface area contributed by atoms with E-state index in [9.17, 15) is 18.0 Å². The number of carbonyl (C=O) groups excluding carboxylic acids is 1. The van der Waals surface area contributed by atoms with Gasteiger partial charge < -0.3 is 10.2 Å². The maximum atomic E-state index is 13.3. The van der Waals surface area contributed by atoms with Gasteiger partial charge in [0, 0.05) is 17.7 Å². The van der Waals surface area contributed by atoms with Crippen LogP contribution in [-0.2, 0) is 16.1 Å². The van der Waals surface area contributed by atoms with Gasteiger partial charge in [0.05, 0.1) is 13.2 Å². The van der Waals surface area contributed by atoms with Crippen LogP contribution < -0.4 is 5.43 Å². The molecule has 0 fully saturated rings. The Bertz CT molecular complexity index is 495. The minimum absolute atomic E-state index is 0.106. The molecule has 0 aromatic heterocycles. The molecule has 1 N–H and O–H groups in total. The van der Waals surface area contributed by atoms with Crippen LogP contribution in [0, 0.1) is 17.5 Å². The number of benzene rings is 1. The van der Waals surface area contributed by atoms with Crippen molar-refractivity contribution < 1.29 is 22.7 Å².